The van der Waals surface area contributed by atoms with Gasteiger partial charge in [-0.25, -0.2) is 0 Å². The van der Waals surface area contributed by atoms with Crippen LogP contribution in [0.5, 0.6) is 0 Å². The Hall–Kier alpha value is -1.12. The van der Waals surface area contributed by atoms with Crippen molar-refractivity contribution in [2.24, 2.45) is 0 Å². The lowest BCUT2D eigenvalue weighted by Crippen LogP contribution is -2.39. The average Bonchev–Trinajstić information content (AvgIpc) is 2.91. The van der Waals surface area contributed by atoms with Gasteiger partial charge in [-0.1, -0.05) is 50.2 Å². The second-order valence-electron chi connectivity index (χ2n) is 6.71. The zero-order valence-electron chi connectivity index (χ0n) is 13.6. The summed E-state index contributed by atoms with van der Waals surface area (Å²) in [7, 11) is 0. The summed E-state index contributed by atoms with van der Waals surface area (Å²) in [6.45, 7) is 9.26. The summed E-state index contributed by atoms with van der Waals surface area (Å²) in [5.74, 6) is 0. The lowest BCUT2D eigenvalue weighted by molar-refractivity contribution is 0.363. The van der Waals surface area contributed by atoms with Gasteiger partial charge in [0.1, 0.15) is 0 Å². The molecule has 1 N–H and O–H groups in total. The minimum absolute atomic E-state index is 0.205. The number of benzene rings is 1. The fraction of sp³-hybridized carbons (Fsp3) is 0.474. The molecule has 0 saturated heterocycles. The maximum absolute atomic E-state index is 3.75. The highest BCUT2D eigenvalue weighted by Crippen LogP contribution is 2.28. The summed E-state index contributed by atoms with van der Waals surface area (Å²) >= 11 is 1.85. The standard InChI is InChI=1S/C19H27NS/c1-15(13-18-11-8-12-21-18)20-16(2)14-19(3,4)17-9-6-5-7-10-17/h5-12,15-16,20H,13-14H2,1-4H3. The number of hydrogen-bond acceptors (Lipinski definition) is 2. The second kappa shape index (κ2) is 7.24. The minimum atomic E-state index is 0.205. The molecule has 2 atom stereocenters. The smallest absolute Gasteiger partial charge is 0.00894 e. The van der Waals surface area contributed by atoms with Crippen molar-refractivity contribution in [2.45, 2.75) is 58.0 Å². The quantitative estimate of drug-likeness (QED) is 0.756. The summed E-state index contributed by atoms with van der Waals surface area (Å²) in [4.78, 5) is 1.46. The average molecular weight is 301 g/mol. The van der Waals surface area contributed by atoms with Crippen molar-refractivity contribution in [2.75, 3.05) is 0 Å². The molecule has 0 fully saturated rings. The molecule has 0 aliphatic carbocycles. The van der Waals surface area contributed by atoms with Crippen LogP contribution in [0.2, 0.25) is 0 Å². The Bertz CT molecular complexity index is 516. The lowest BCUT2D eigenvalue weighted by Gasteiger charge is -2.30. The normalized spacial score (nSPS) is 14.9. The topological polar surface area (TPSA) is 12.0 Å². The van der Waals surface area contributed by atoms with Crippen LogP contribution < -0.4 is 5.32 Å². The van der Waals surface area contributed by atoms with Gasteiger partial charge in [-0.15, -0.1) is 11.3 Å². The van der Waals surface area contributed by atoms with E-state index in [1.807, 2.05) is 11.3 Å². The van der Waals surface area contributed by atoms with Crippen LogP contribution in [0.1, 0.15) is 44.6 Å². The summed E-state index contributed by atoms with van der Waals surface area (Å²) in [5.41, 5.74) is 1.63. The minimum Gasteiger partial charge on any atom is -0.311 e. The van der Waals surface area contributed by atoms with Gasteiger partial charge < -0.3 is 5.32 Å². The van der Waals surface area contributed by atoms with Crippen molar-refractivity contribution in [1.82, 2.24) is 5.32 Å². The summed E-state index contributed by atoms with van der Waals surface area (Å²) < 4.78 is 0. The van der Waals surface area contributed by atoms with Crippen LogP contribution >= 0.6 is 11.3 Å². The van der Waals surface area contributed by atoms with Crippen LogP contribution in [0, 0.1) is 0 Å². The SMILES string of the molecule is CC(Cc1cccs1)NC(C)CC(C)(C)c1ccccc1. The second-order valence-corrected chi connectivity index (χ2v) is 7.74. The van der Waals surface area contributed by atoms with Gasteiger partial charge in [0, 0.05) is 17.0 Å². The van der Waals surface area contributed by atoms with E-state index in [4.69, 9.17) is 0 Å². The van der Waals surface area contributed by atoms with Gasteiger partial charge in [0.05, 0.1) is 0 Å². The van der Waals surface area contributed by atoms with Gasteiger partial charge in [0.2, 0.25) is 0 Å². The van der Waals surface area contributed by atoms with Crippen LogP contribution in [0.15, 0.2) is 47.8 Å². The predicted molar refractivity (Wildman–Crippen MR) is 94.2 cm³/mol. The molecule has 2 rings (SSSR count). The van der Waals surface area contributed by atoms with Crippen molar-refractivity contribution in [3.05, 3.63) is 58.3 Å². The third kappa shape index (κ3) is 4.98. The maximum atomic E-state index is 3.75. The number of hydrogen-bond donors (Lipinski definition) is 1. The molecule has 21 heavy (non-hydrogen) atoms. The number of rotatable bonds is 7. The van der Waals surface area contributed by atoms with Crippen LogP contribution in [0.3, 0.4) is 0 Å². The van der Waals surface area contributed by atoms with Crippen LogP contribution in [0.4, 0.5) is 0 Å². The van der Waals surface area contributed by atoms with E-state index in [1.54, 1.807) is 0 Å². The van der Waals surface area contributed by atoms with Crippen molar-refractivity contribution in [3.8, 4) is 0 Å². The van der Waals surface area contributed by atoms with Crippen LogP contribution in [-0.4, -0.2) is 12.1 Å². The van der Waals surface area contributed by atoms with Gasteiger partial charge in [0.25, 0.3) is 0 Å². The van der Waals surface area contributed by atoms with E-state index in [9.17, 15) is 0 Å². The summed E-state index contributed by atoms with van der Waals surface area (Å²) in [6, 6.07) is 16.2. The Morgan fingerprint density at radius 3 is 2.33 bits per heavy atom. The highest BCUT2D eigenvalue weighted by Gasteiger charge is 2.23. The fourth-order valence-electron chi connectivity index (χ4n) is 3.11. The number of nitrogens with one attached hydrogen (secondary N) is 1. The fourth-order valence-corrected chi connectivity index (χ4v) is 3.94. The highest BCUT2D eigenvalue weighted by atomic mass is 32.1. The van der Waals surface area contributed by atoms with Gasteiger partial charge in [-0.2, -0.15) is 0 Å². The van der Waals surface area contributed by atoms with Gasteiger partial charge >= 0.3 is 0 Å². The molecule has 2 aromatic rings. The van der Waals surface area contributed by atoms with E-state index < -0.39 is 0 Å². The number of thiophene rings is 1. The Kier molecular flexibility index (Phi) is 5.60. The molecule has 2 unspecified atom stereocenters. The van der Waals surface area contributed by atoms with E-state index in [0.717, 1.165) is 12.8 Å². The Morgan fingerprint density at radius 1 is 1.00 bits per heavy atom. The summed E-state index contributed by atoms with van der Waals surface area (Å²) in [6.07, 6.45) is 2.26. The van der Waals surface area contributed by atoms with Gasteiger partial charge in [-0.05, 0) is 49.1 Å². The molecule has 0 bridgehead atoms. The third-order valence-corrected chi connectivity index (χ3v) is 4.93. The molecule has 1 aromatic carbocycles. The zero-order valence-corrected chi connectivity index (χ0v) is 14.4. The van der Waals surface area contributed by atoms with E-state index in [-0.39, 0.29) is 5.41 Å². The largest absolute Gasteiger partial charge is 0.311 e. The van der Waals surface area contributed by atoms with Crippen LogP contribution in [-0.2, 0) is 11.8 Å². The van der Waals surface area contributed by atoms with Gasteiger partial charge in [0.15, 0.2) is 0 Å². The molecule has 0 amide bonds. The molecule has 1 nitrogen and oxygen atoms in total. The third-order valence-electron chi connectivity index (χ3n) is 4.03. The van der Waals surface area contributed by atoms with E-state index >= 15 is 0 Å². The zero-order chi connectivity index (χ0) is 15.3. The molecule has 114 valence electrons. The first kappa shape index (κ1) is 16.3. The van der Waals surface area contributed by atoms with E-state index in [0.29, 0.717) is 12.1 Å². The molecule has 1 aromatic heterocycles. The molecule has 0 aliphatic heterocycles. The Balaban J connectivity index is 1.87. The molecular weight excluding hydrogens is 274 g/mol. The molecule has 0 aliphatic rings. The van der Waals surface area contributed by atoms with Crippen molar-refractivity contribution >= 4 is 11.3 Å². The summed E-state index contributed by atoms with van der Waals surface area (Å²) in [5, 5.41) is 5.91. The van der Waals surface area contributed by atoms with Crippen LogP contribution in [0.25, 0.3) is 0 Å². The monoisotopic (exact) mass is 301 g/mol. The maximum Gasteiger partial charge on any atom is 0.00894 e. The molecular formula is C19H27NS. The molecule has 0 saturated carbocycles. The predicted octanol–water partition coefficient (Wildman–Crippen LogP) is 5.03. The molecule has 1 heterocycles. The Morgan fingerprint density at radius 2 is 1.71 bits per heavy atom. The van der Waals surface area contributed by atoms with Crippen molar-refractivity contribution in [1.29, 1.82) is 0 Å². The Labute approximate surface area is 133 Å². The van der Waals surface area contributed by atoms with Crippen molar-refractivity contribution < 1.29 is 0 Å². The lowest BCUT2D eigenvalue weighted by atomic mass is 9.79. The molecule has 0 radical (unpaired) electrons. The molecule has 2 heteroatoms. The van der Waals surface area contributed by atoms with Gasteiger partial charge in [-0.3, -0.25) is 0 Å². The van der Waals surface area contributed by atoms with E-state index in [2.05, 4.69) is 80.9 Å². The first-order valence-electron chi connectivity index (χ1n) is 7.81. The highest BCUT2D eigenvalue weighted by molar-refractivity contribution is 7.09. The van der Waals surface area contributed by atoms with E-state index in [1.165, 1.54) is 10.4 Å². The molecule has 0 spiro atoms. The van der Waals surface area contributed by atoms with Crippen molar-refractivity contribution in [3.63, 3.8) is 0 Å². The first-order chi connectivity index (χ1) is 9.97. The first-order valence-corrected chi connectivity index (χ1v) is 8.69.